The zero-order valence-corrected chi connectivity index (χ0v) is 7.81. The molecule has 0 aliphatic carbocycles. The lowest BCUT2D eigenvalue weighted by atomic mass is 9.99. The van der Waals surface area contributed by atoms with E-state index < -0.39 is 23.5 Å². The minimum absolute atomic E-state index is 0.236. The number of halogens is 4. The fourth-order valence-corrected chi connectivity index (χ4v) is 1.14. The summed E-state index contributed by atoms with van der Waals surface area (Å²) in [6, 6.07) is 2.03. The Morgan fingerprint density at radius 2 is 1.93 bits per heavy atom. The zero-order valence-electron chi connectivity index (χ0n) is 7.81. The Morgan fingerprint density at radius 1 is 1.33 bits per heavy atom. The minimum atomic E-state index is -4.52. The molecule has 82 valence electrons. The standard InChI is InChI=1S/C10H8F4O/c1-6(5-15)8-4-7(10(12,13)14)2-3-9(8)11/h2-6H,1H3. The summed E-state index contributed by atoms with van der Waals surface area (Å²) < 4.78 is 49.8. The molecule has 0 aromatic heterocycles. The Labute approximate surface area is 83.7 Å². The van der Waals surface area contributed by atoms with E-state index in [1.807, 2.05) is 0 Å². The van der Waals surface area contributed by atoms with E-state index in [0.29, 0.717) is 18.4 Å². The number of alkyl halides is 3. The Kier molecular flexibility index (Phi) is 3.12. The smallest absolute Gasteiger partial charge is 0.303 e. The van der Waals surface area contributed by atoms with Crippen LogP contribution in [-0.2, 0) is 11.0 Å². The molecule has 1 nitrogen and oxygen atoms in total. The first-order chi connectivity index (χ1) is 6.86. The molecule has 1 unspecified atom stereocenters. The molecule has 0 amide bonds. The topological polar surface area (TPSA) is 17.1 Å². The molecular formula is C10H8F4O. The van der Waals surface area contributed by atoms with Gasteiger partial charge in [0.1, 0.15) is 12.1 Å². The average Bonchev–Trinajstić information content (AvgIpc) is 2.15. The second-order valence-corrected chi connectivity index (χ2v) is 3.16. The van der Waals surface area contributed by atoms with Crippen molar-refractivity contribution in [2.45, 2.75) is 19.0 Å². The van der Waals surface area contributed by atoms with Gasteiger partial charge in [0.15, 0.2) is 0 Å². The van der Waals surface area contributed by atoms with Crippen LogP contribution < -0.4 is 0 Å². The van der Waals surface area contributed by atoms with E-state index in [1.165, 1.54) is 6.92 Å². The SMILES string of the molecule is CC(C=O)c1cc(C(F)(F)F)ccc1F. The van der Waals surface area contributed by atoms with E-state index >= 15 is 0 Å². The summed E-state index contributed by atoms with van der Waals surface area (Å²) in [5, 5.41) is 0. The number of carbonyl (C=O) groups excluding carboxylic acids is 1. The van der Waals surface area contributed by atoms with Crippen molar-refractivity contribution in [2.75, 3.05) is 0 Å². The van der Waals surface area contributed by atoms with Crippen molar-refractivity contribution in [3.63, 3.8) is 0 Å². The van der Waals surface area contributed by atoms with Crippen molar-refractivity contribution in [1.29, 1.82) is 0 Å². The van der Waals surface area contributed by atoms with Crippen LogP contribution in [0.3, 0.4) is 0 Å². The molecule has 0 N–H and O–H groups in total. The normalized spacial score (nSPS) is 13.7. The van der Waals surface area contributed by atoms with Crippen LogP contribution in [0.15, 0.2) is 18.2 Å². The molecule has 0 bridgehead atoms. The van der Waals surface area contributed by atoms with E-state index in [1.54, 1.807) is 0 Å². The molecule has 0 spiro atoms. The third-order valence-electron chi connectivity index (χ3n) is 2.02. The Hall–Kier alpha value is -1.39. The average molecular weight is 220 g/mol. The van der Waals surface area contributed by atoms with Gasteiger partial charge in [0.25, 0.3) is 0 Å². The summed E-state index contributed by atoms with van der Waals surface area (Å²) in [5.74, 6) is -1.69. The number of hydrogen-bond donors (Lipinski definition) is 0. The Bertz CT molecular complexity index is 370. The summed E-state index contributed by atoms with van der Waals surface area (Å²) in [6.45, 7) is 1.34. The predicted octanol–water partition coefficient (Wildman–Crippen LogP) is 3.15. The van der Waals surface area contributed by atoms with Crippen molar-refractivity contribution in [2.24, 2.45) is 0 Å². The first kappa shape index (κ1) is 11.7. The maximum absolute atomic E-state index is 13.1. The molecule has 1 aromatic rings. The van der Waals surface area contributed by atoms with E-state index in [2.05, 4.69) is 0 Å². The van der Waals surface area contributed by atoms with Crippen LogP contribution in [0, 0.1) is 5.82 Å². The van der Waals surface area contributed by atoms with Crippen molar-refractivity contribution in [3.8, 4) is 0 Å². The molecule has 0 radical (unpaired) electrons. The summed E-state index contributed by atoms with van der Waals surface area (Å²) in [6.07, 6.45) is -4.12. The van der Waals surface area contributed by atoms with E-state index in [9.17, 15) is 22.4 Å². The molecule has 1 aromatic carbocycles. The quantitative estimate of drug-likeness (QED) is 0.552. The van der Waals surface area contributed by atoms with Crippen LogP contribution in [-0.4, -0.2) is 6.29 Å². The van der Waals surface area contributed by atoms with Gasteiger partial charge in [-0.3, -0.25) is 0 Å². The Balaban J connectivity index is 3.22. The molecule has 0 aliphatic rings. The van der Waals surface area contributed by atoms with Crippen molar-refractivity contribution < 1.29 is 22.4 Å². The van der Waals surface area contributed by atoms with Gasteiger partial charge in [0, 0.05) is 5.92 Å². The summed E-state index contributed by atoms with van der Waals surface area (Å²) in [5.41, 5.74) is -1.19. The van der Waals surface area contributed by atoms with Gasteiger partial charge < -0.3 is 4.79 Å². The van der Waals surface area contributed by atoms with E-state index in [4.69, 9.17) is 0 Å². The molecule has 0 saturated carbocycles. The van der Waals surface area contributed by atoms with Crippen LogP contribution in [0.1, 0.15) is 24.0 Å². The van der Waals surface area contributed by atoms with Crippen molar-refractivity contribution in [1.82, 2.24) is 0 Å². The predicted molar refractivity (Wildman–Crippen MR) is 45.9 cm³/mol. The summed E-state index contributed by atoms with van der Waals surface area (Å²) in [7, 11) is 0. The highest BCUT2D eigenvalue weighted by molar-refractivity contribution is 5.61. The van der Waals surface area contributed by atoms with Gasteiger partial charge in [-0.1, -0.05) is 6.92 Å². The second kappa shape index (κ2) is 4.00. The fraction of sp³-hybridized carbons (Fsp3) is 0.300. The fourth-order valence-electron chi connectivity index (χ4n) is 1.14. The number of benzene rings is 1. The molecule has 15 heavy (non-hydrogen) atoms. The number of hydrogen-bond acceptors (Lipinski definition) is 1. The third kappa shape index (κ3) is 2.55. The molecule has 0 heterocycles. The van der Waals surface area contributed by atoms with E-state index in [-0.39, 0.29) is 5.56 Å². The van der Waals surface area contributed by atoms with Gasteiger partial charge in [0.2, 0.25) is 0 Å². The highest BCUT2D eigenvalue weighted by Crippen LogP contribution is 2.31. The lowest BCUT2D eigenvalue weighted by Crippen LogP contribution is -2.08. The van der Waals surface area contributed by atoms with Gasteiger partial charge in [-0.2, -0.15) is 13.2 Å². The number of carbonyl (C=O) groups is 1. The molecule has 5 heteroatoms. The first-order valence-corrected chi connectivity index (χ1v) is 4.18. The van der Waals surface area contributed by atoms with Gasteiger partial charge >= 0.3 is 6.18 Å². The van der Waals surface area contributed by atoms with Crippen LogP contribution in [0.25, 0.3) is 0 Å². The second-order valence-electron chi connectivity index (χ2n) is 3.16. The van der Waals surface area contributed by atoms with Gasteiger partial charge in [-0.05, 0) is 23.8 Å². The maximum Gasteiger partial charge on any atom is 0.416 e. The minimum Gasteiger partial charge on any atom is -0.303 e. The van der Waals surface area contributed by atoms with Crippen LogP contribution in [0.2, 0.25) is 0 Å². The largest absolute Gasteiger partial charge is 0.416 e. The van der Waals surface area contributed by atoms with E-state index in [0.717, 1.165) is 6.07 Å². The summed E-state index contributed by atoms with van der Waals surface area (Å²) >= 11 is 0. The third-order valence-corrected chi connectivity index (χ3v) is 2.02. The number of aldehydes is 1. The molecule has 1 atom stereocenters. The Morgan fingerprint density at radius 3 is 2.40 bits per heavy atom. The first-order valence-electron chi connectivity index (χ1n) is 4.18. The maximum atomic E-state index is 13.1. The van der Waals surface area contributed by atoms with Crippen LogP contribution in [0.5, 0.6) is 0 Å². The lowest BCUT2D eigenvalue weighted by molar-refractivity contribution is -0.137. The number of rotatable bonds is 2. The van der Waals surface area contributed by atoms with Gasteiger partial charge in [-0.15, -0.1) is 0 Å². The monoisotopic (exact) mass is 220 g/mol. The molecule has 1 rings (SSSR count). The molecular weight excluding hydrogens is 212 g/mol. The summed E-state index contributed by atoms with van der Waals surface area (Å²) in [4.78, 5) is 10.4. The highest BCUT2D eigenvalue weighted by atomic mass is 19.4. The molecule has 0 aliphatic heterocycles. The zero-order chi connectivity index (χ0) is 11.6. The molecule has 0 fully saturated rings. The van der Waals surface area contributed by atoms with Crippen LogP contribution >= 0.6 is 0 Å². The highest BCUT2D eigenvalue weighted by Gasteiger charge is 2.31. The van der Waals surface area contributed by atoms with Gasteiger partial charge in [-0.25, -0.2) is 4.39 Å². The molecule has 0 saturated heterocycles. The van der Waals surface area contributed by atoms with Crippen molar-refractivity contribution in [3.05, 3.63) is 35.1 Å². The lowest BCUT2D eigenvalue weighted by Gasteiger charge is -2.11. The van der Waals surface area contributed by atoms with Crippen LogP contribution in [0.4, 0.5) is 17.6 Å². The van der Waals surface area contributed by atoms with Crippen molar-refractivity contribution >= 4 is 6.29 Å². The van der Waals surface area contributed by atoms with Gasteiger partial charge in [0.05, 0.1) is 5.56 Å².